The number of ether oxygens (including phenoxy) is 2. The second-order valence-electron chi connectivity index (χ2n) is 7.64. The van der Waals surface area contributed by atoms with Gasteiger partial charge in [-0.05, 0) is 12.1 Å². The number of rotatable bonds is 8. The van der Waals surface area contributed by atoms with Crippen molar-refractivity contribution in [2.45, 2.75) is 33.3 Å². The van der Waals surface area contributed by atoms with Crippen LogP contribution in [0.2, 0.25) is 5.02 Å². The Morgan fingerprint density at radius 3 is 2.48 bits per heavy atom. The summed E-state index contributed by atoms with van der Waals surface area (Å²) in [6.07, 6.45) is -0.691. The Morgan fingerprint density at radius 1 is 1.17 bits per heavy atom. The summed E-state index contributed by atoms with van der Waals surface area (Å²) in [5, 5.41) is 23.4. The first-order valence-electron chi connectivity index (χ1n) is 9.38. The van der Waals surface area contributed by atoms with Crippen molar-refractivity contribution in [3.8, 4) is 11.5 Å². The van der Waals surface area contributed by atoms with E-state index in [0.29, 0.717) is 39.8 Å². The van der Waals surface area contributed by atoms with Crippen molar-refractivity contribution in [1.29, 1.82) is 0 Å². The van der Waals surface area contributed by atoms with E-state index in [9.17, 15) is 9.90 Å². The molecule has 158 valence electrons. The molecule has 0 spiro atoms. The smallest absolute Gasteiger partial charge is 0.229 e. The van der Waals surface area contributed by atoms with Gasteiger partial charge in [0.15, 0.2) is 0 Å². The van der Waals surface area contributed by atoms with Crippen LogP contribution in [0, 0.1) is 5.41 Å². The molecular weight excluding hydrogens is 394 g/mol. The first-order valence-corrected chi connectivity index (χ1v) is 9.76. The molecule has 7 heteroatoms. The fourth-order valence-electron chi connectivity index (χ4n) is 2.67. The first-order chi connectivity index (χ1) is 13.7. The quantitative estimate of drug-likeness (QED) is 0.556. The van der Waals surface area contributed by atoms with Gasteiger partial charge in [-0.15, -0.1) is 0 Å². The number of benzene rings is 2. The molecule has 0 aliphatic heterocycles. The Kier molecular flexibility index (Phi) is 7.90. The van der Waals surface area contributed by atoms with E-state index in [-0.39, 0.29) is 19.1 Å². The van der Waals surface area contributed by atoms with E-state index in [1.54, 1.807) is 57.2 Å². The zero-order valence-corrected chi connectivity index (χ0v) is 17.9. The number of amides is 1. The molecule has 29 heavy (non-hydrogen) atoms. The molecule has 0 radical (unpaired) electrons. The van der Waals surface area contributed by atoms with Crippen molar-refractivity contribution in [3.63, 3.8) is 0 Å². The van der Waals surface area contributed by atoms with Crippen LogP contribution < -0.4 is 14.8 Å². The van der Waals surface area contributed by atoms with E-state index in [1.807, 2.05) is 0 Å². The van der Waals surface area contributed by atoms with E-state index < -0.39 is 11.5 Å². The minimum Gasteiger partial charge on any atom is -0.496 e. The molecule has 2 aromatic rings. The van der Waals surface area contributed by atoms with Gasteiger partial charge in [-0.1, -0.05) is 50.6 Å². The minimum atomic E-state index is -1.11. The first kappa shape index (κ1) is 23.0. The number of halogens is 1. The van der Waals surface area contributed by atoms with Gasteiger partial charge in [-0.3, -0.25) is 4.79 Å². The average Bonchev–Trinajstić information content (AvgIpc) is 2.68. The Labute approximate surface area is 176 Å². The van der Waals surface area contributed by atoms with Crippen LogP contribution in [0.1, 0.15) is 44.4 Å². The standard InChI is InChI=1S/C22H28ClNO5/c1-22(2,3)21(27)24-19-16(12-14(23)13-18(19)29-11-7-10-25)20(26)15-8-5-6-9-17(15)28-4/h5-6,8-9,12-13,20,25-26H,7,10-11H2,1-4H3,(H,24,27). The molecular formula is C22H28ClNO5. The summed E-state index contributed by atoms with van der Waals surface area (Å²) in [5.74, 6) is 0.601. The number of hydrogen-bond acceptors (Lipinski definition) is 5. The van der Waals surface area contributed by atoms with Gasteiger partial charge in [0, 0.05) is 40.7 Å². The lowest BCUT2D eigenvalue weighted by atomic mass is 9.94. The number of para-hydroxylation sites is 1. The maximum Gasteiger partial charge on any atom is 0.229 e. The van der Waals surface area contributed by atoms with Gasteiger partial charge in [0.25, 0.3) is 0 Å². The number of methoxy groups -OCH3 is 1. The fourth-order valence-corrected chi connectivity index (χ4v) is 2.89. The molecule has 2 rings (SSSR count). The Bertz CT molecular complexity index is 848. The van der Waals surface area contributed by atoms with Crippen molar-refractivity contribution in [2.24, 2.45) is 5.41 Å². The van der Waals surface area contributed by atoms with Gasteiger partial charge in [0.1, 0.15) is 17.6 Å². The number of nitrogens with one attached hydrogen (secondary N) is 1. The van der Waals surface area contributed by atoms with Crippen LogP contribution in [-0.4, -0.2) is 36.4 Å². The number of aliphatic hydroxyl groups is 2. The van der Waals surface area contributed by atoms with Crippen molar-refractivity contribution in [3.05, 3.63) is 52.5 Å². The highest BCUT2D eigenvalue weighted by atomic mass is 35.5. The third-order valence-electron chi connectivity index (χ3n) is 4.31. The normalized spacial score (nSPS) is 12.4. The third kappa shape index (κ3) is 5.85. The van der Waals surface area contributed by atoms with Gasteiger partial charge in [0.2, 0.25) is 5.91 Å². The van der Waals surface area contributed by atoms with Crippen molar-refractivity contribution in [2.75, 3.05) is 25.6 Å². The van der Waals surface area contributed by atoms with Crippen LogP contribution in [0.4, 0.5) is 5.69 Å². The molecule has 0 fully saturated rings. The van der Waals surface area contributed by atoms with Gasteiger partial charge < -0.3 is 25.0 Å². The number of carbonyl (C=O) groups excluding carboxylic acids is 1. The molecule has 0 saturated heterocycles. The summed E-state index contributed by atoms with van der Waals surface area (Å²) in [4.78, 5) is 12.7. The Balaban J connectivity index is 2.57. The maximum absolute atomic E-state index is 12.7. The lowest BCUT2D eigenvalue weighted by molar-refractivity contribution is -0.123. The van der Waals surface area contributed by atoms with Gasteiger partial charge in [-0.25, -0.2) is 0 Å². The van der Waals surface area contributed by atoms with E-state index in [4.69, 9.17) is 26.2 Å². The highest BCUT2D eigenvalue weighted by Crippen LogP contribution is 2.41. The molecule has 0 heterocycles. The number of aliphatic hydroxyl groups excluding tert-OH is 2. The molecule has 0 aliphatic rings. The van der Waals surface area contributed by atoms with Gasteiger partial charge in [-0.2, -0.15) is 0 Å². The predicted molar refractivity (Wildman–Crippen MR) is 114 cm³/mol. The van der Waals surface area contributed by atoms with E-state index >= 15 is 0 Å². The van der Waals surface area contributed by atoms with Crippen LogP contribution in [0.3, 0.4) is 0 Å². The highest BCUT2D eigenvalue weighted by Gasteiger charge is 2.27. The molecule has 1 amide bonds. The molecule has 0 aromatic heterocycles. The molecule has 3 N–H and O–H groups in total. The molecule has 6 nitrogen and oxygen atoms in total. The highest BCUT2D eigenvalue weighted by molar-refractivity contribution is 6.31. The van der Waals surface area contributed by atoms with Gasteiger partial charge in [0.05, 0.1) is 19.4 Å². The SMILES string of the molecule is COc1ccccc1C(O)c1cc(Cl)cc(OCCCO)c1NC(=O)C(C)(C)C. The molecule has 0 bridgehead atoms. The number of anilines is 1. The van der Waals surface area contributed by atoms with E-state index in [0.717, 1.165) is 0 Å². The summed E-state index contributed by atoms with van der Waals surface area (Å²) >= 11 is 6.28. The van der Waals surface area contributed by atoms with Crippen molar-refractivity contribution < 1.29 is 24.5 Å². The van der Waals surface area contributed by atoms with Crippen molar-refractivity contribution >= 4 is 23.2 Å². The number of carbonyl (C=O) groups is 1. The molecule has 1 atom stereocenters. The summed E-state index contributed by atoms with van der Waals surface area (Å²) in [6, 6.07) is 10.3. The minimum absolute atomic E-state index is 0.0268. The molecule has 0 aliphatic carbocycles. The fraction of sp³-hybridized carbons (Fsp3) is 0.409. The Hall–Kier alpha value is -2.28. The van der Waals surface area contributed by atoms with Crippen LogP contribution in [0.25, 0.3) is 0 Å². The number of hydrogen-bond donors (Lipinski definition) is 3. The summed E-state index contributed by atoms with van der Waals surface area (Å²) in [7, 11) is 1.52. The zero-order chi connectivity index (χ0) is 21.6. The van der Waals surface area contributed by atoms with Crippen molar-refractivity contribution in [1.82, 2.24) is 0 Å². The molecule has 0 saturated carbocycles. The van der Waals surface area contributed by atoms with E-state index in [2.05, 4.69) is 5.32 Å². The Morgan fingerprint density at radius 2 is 1.86 bits per heavy atom. The third-order valence-corrected chi connectivity index (χ3v) is 4.52. The largest absolute Gasteiger partial charge is 0.496 e. The van der Waals surface area contributed by atoms with Crippen LogP contribution in [0.5, 0.6) is 11.5 Å². The second-order valence-corrected chi connectivity index (χ2v) is 8.08. The lowest BCUT2D eigenvalue weighted by Gasteiger charge is -2.24. The van der Waals surface area contributed by atoms with Gasteiger partial charge >= 0.3 is 0 Å². The van der Waals surface area contributed by atoms with Crippen LogP contribution in [-0.2, 0) is 4.79 Å². The monoisotopic (exact) mass is 421 g/mol. The van der Waals surface area contributed by atoms with Crippen LogP contribution >= 0.6 is 11.6 Å². The summed E-state index contributed by atoms with van der Waals surface area (Å²) in [5.41, 5.74) is 0.600. The zero-order valence-electron chi connectivity index (χ0n) is 17.2. The summed E-state index contributed by atoms with van der Waals surface area (Å²) in [6.45, 7) is 5.59. The lowest BCUT2D eigenvalue weighted by Crippen LogP contribution is -2.28. The second kappa shape index (κ2) is 9.96. The topological polar surface area (TPSA) is 88.0 Å². The average molecular weight is 422 g/mol. The van der Waals surface area contributed by atoms with E-state index in [1.165, 1.54) is 7.11 Å². The summed E-state index contributed by atoms with van der Waals surface area (Å²) < 4.78 is 11.1. The molecule has 1 unspecified atom stereocenters. The van der Waals surface area contributed by atoms with Crippen LogP contribution in [0.15, 0.2) is 36.4 Å². The maximum atomic E-state index is 12.7. The predicted octanol–water partition coefficient (Wildman–Crippen LogP) is 4.18. The molecule has 2 aromatic carbocycles.